The average molecular weight is 395 g/mol. The van der Waals surface area contributed by atoms with E-state index in [1.54, 1.807) is 6.20 Å². The Kier molecular flexibility index (Phi) is 5.92. The van der Waals surface area contributed by atoms with Gasteiger partial charge in [-0.15, -0.1) is 0 Å². The molecule has 6 nitrogen and oxygen atoms in total. The number of likely N-dealkylation sites (tertiary alicyclic amines) is 2. The van der Waals surface area contributed by atoms with Crippen molar-refractivity contribution in [2.24, 2.45) is 11.3 Å². The molecule has 2 aromatic rings. The normalized spacial score (nSPS) is 22.0. The minimum absolute atomic E-state index is 0.0384. The van der Waals surface area contributed by atoms with Crippen LogP contribution >= 0.6 is 0 Å². The number of aromatic nitrogens is 2. The molecule has 2 aliphatic rings. The van der Waals surface area contributed by atoms with Gasteiger partial charge >= 0.3 is 0 Å². The van der Waals surface area contributed by atoms with Gasteiger partial charge in [-0.2, -0.15) is 0 Å². The zero-order chi connectivity index (χ0) is 20.3. The van der Waals surface area contributed by atoms with Gasteiger partial charge < -0.3 is 10.0 Å². The van der Waals surface area contributed by atoms with Crippen LogP contribution in [0.4, 0.5) is 0 Å². The number of aliphatic hydroxyl groups is 1. The Bertz CT molecular complexity index is 834. The Morgan fingerprint density at radius 2 is 1.86 bits per heavy atom. The van der Waals surface area contributed by atoms with Crippen molar-refractivity contribution >= 4 is 5.91 Å². The molecule has 0 saturated carbocycles. The summed E-state index contributed by atoms with van der Waals surface area (Å²) in [6.07, 6.45) is 6.66. The molecule has 6 heteroatoms. The zero-order valence-corrected chi connectivity index (χ0v) is 17.1. The van der Waals surface area contributed by atoms with Crippen LogP contribution in [0.5, 0.6) is 0 Å². The molecule has 29 heavy (non-hydrogen) atoms. The molecule has 0 unspecified atom stereocenters. The second-order valence-corrected chi connectivity index (χ2v) is 8.48. The Balaban J connectivity index is 1.39. The lowest BCUT2D eigenvalue weighted by molar-refractivity contribution is -0.0366. The van der Waals surface area contributed by atoms with Crippen molar-refractivity contribution in [1.82, 2.24) is 19.8 Å². The molecule has 1 N–H and O–H groups in total. The number of amides is 1. The highest BCUT2D eigenvalue weighted by atomic mass is 16.3. The van der Waals surface area contributed by atoms with Gasteiger partial charge in [-0.3, -0.25) is 19.7 Å². The van der Waals surface area contributed by atoms with E-state index in [2.05, 4.69) is 20.9 Å². The molecule has 1 spiro atoms. The third-order valence-corrected chi connectivity index (χ3v) is 6.89. The van der Waals surface area contributed by atoms with Crippen molar-refractivity contribution in [3.63, 3.8) is 0 Å². The van der Waals surface area contributed by atoms with E-state index in [-0.39, 0.29) is 23.8 Å². The van der Waals surface area contributed by atoms with Gasteiger partial charge in [0.25, 0.3) is 5.91 Å². The lowest BCUT2D eigenvalue weighted by Crippen LogP contribution is -2.54. The number of pyridine rings is 2. The molecular weight excluding hydrogens is 364 g/mol. The molecule has 1 amide bonds. The van der Waals surface area contributed by atoms with E-state index in [4.69, 9.17) is 0 Å². The Morgan fingerprint density at radius 3 is 2.55 bits per heavy atom. The van der Waals surface area contributed by atoms with E-state index in [9.17, 15) is 9.90 Å². The zero-order valence-electron chi connectivity index (χ0n) is 17.1. The number of hydrogen-bond donors (Lipinski definition) is 1. The third-order valence-electron chi connectivity index (χ3n) is 6.89. The monoisotopic (exact) mass is 394 g/mol. The van der Waals surface area contributed by atoms with Gasteiger partial charge in [0.1, 0.15) is 0 Å². The van der Waals surface area contributed by atoms with Crippen LogP contribution in [-0.4, -0.2) is 63.6 Å². The van der Waals surface area contributed by atoms with E-state index in [0.717, 1.165) is 56.8 Å². The number of hydrogen-bond acceptors (Lipinski definition) is 5. The van der Waals surface area contributed by atoms with Gasteiger partial charge in [0, 0.05) is 50.2 Å². The predicted octanol–water partition coefficient (Wildman–Crippen LogP) is 2.52. The minimum Gasteiger partial charge on any atom is -0.396 e. The Hall–Kier alpha value is -2.31. The summed E-state index contributed by atoms with van der Waals surface area (Å²) in [4.78, 5) is 26.1. The smallest absolute Gasteiger partial charge is 0.255 e. The fourth-order valence-corrected chi connectivity index (χ4v) is 4.96. The molecule has 0 radical (unpaired) electrons. The fourth-order valence-electron chi connectivity index (χ4n) is 4.96. The summed E-state index contributed by atoms with van der Waals surface area (Å²) in [5, 5.41) is 10.2. The molecular formula is C23H30N4O2. The lowest BCUT2D eigenvalue weighted by atomic mass is 9.64. The van der Waals surface area contributed by atoms with Crippen molar-refractivity contribution in [2.75, 3.05) is 32.8 Å². The van der Waals surface area contributed by atoms with Crippen molar-refractivity contribution < 1.29 is 9.90 Å². The first-order valence-corrected chi connectivity index (χ1v) is 10.6. The molecule has 0 aromatic carbocycles. The molecule has 2 aromatic heterocycles. The number of nitrogens with zero attached hydrogens (tertiary/aromatic N) is 4. The first kappa shape index (κ1) is 20.0. The summed E-state index contributed by atoms with van der Waals surface area (Å²) in [5.41, 5.74) is 2.68. The summed E-state index contributed by atoms with van der Waals surface area (Å²) in [6.45, 7) is 6.31. The Morgan fingerprint density at radius 1 is 1.10 bits per heavy atom. The second-order valence-electron chi connectivity index (χ2n) is 8.48. The molecule has 2 fully saturated rings. The summed E-state index contributed by atoms with van der Waals surface area (Å²) in [7, 11) is 0. The highest BCUT2D eigenvalue weighted by molar-refractivity contribution is 5.95. The van der Waals surface area contributed by atoms with Crippen molar-refractivity contribution in [3.05, 3.63) is 59.7 Å². The lowest BCUT2D eigenvalue weighted by Gasteiger charge is -2.51. The standard InChI is InChI=1S/C23H30N4O2/c1-18-21(6-4-11-24-18)22(29)27-14-9-23(19(15-27)17-28)7-12-26(13-8-23)16-20-5-2-3-10-25-20/h2-6,10-11,19,28H,7-9,12-17H2,1H3/t19-/m0/s1. The van der Waals surface area contributed by atoms with Crippen molar-refractivity contribution in [3.8, 4) is 0 Å². The van der Waals surface area contributed by atoms with E-state index < -0.39 is 0 Å². The number of carbonyl (C=O) groups is 1. The van der Waals surface area contributed by atoms with Crippen LogP contribution in [0.1, 0.15) is 41.0 Å². The van der Waals surface area contributed by atoms with Gasteiger partial charge in [0.15, 0.2) is 0 Å². The molecule has 2 saturated heterocycles. The maximum atomic E-state index is 13.0. The van der Waals surface area contributed by atoms with Crippen LogP contribution in [0.2, 0.25) is 0 Å². The number of aryl methyl sites for hydroxylation is 1. The summed E-state index contributed by atoms with van der Waals surface area (Å²) < 4.78 is 0. The number of rotatable bonds is 4. The van der Waals surface area contributed by atoms with Gasteiger partial charge in [0.2, 0.25) is 0 Å². The number of piperidine rings is 2. The summed E-state index contributed by atoms with van der Waals surface area (Å²) in [5.74, 6) is 0.172. The third kappa shape index (κ3) is 4.19. The van der Waals surface area contributed by atoms with Crippen LogP contribution < -0.4 is 0 Å². The van der Waals surface area contributed by atoms with Gasteiger partial charge in [-0.05, 0) is 69.0 Å². The first-order chi connectivity index (χ1) is 14.1. The fraction of sp³-hybridized carbons (Fsp3) is 0.522. The number of carbonyl (C=O) groups excluding carboxylic acids is 1. The molecule has 1 atom stereocenters. The minimum atomic E-state index is 0.0384. The van der Waals surface area contributed by atoms with Gasteiger partial charge in [-0.1, -0.05) is 6.07 Å². The topological polar surface area (TPSA) is 69.6 Å². The van der Waals surface area contributed by atoms with Crippen molar-refractivity contribution in [2.45, 2.75) is 32.7 Å². The van der Waals surface area contributed by atoms with E-state index in [1.165, 1.54) is 0 Å². The van der Waals surface area contributed by atoms with Crippen LogP contribution in [-0.2, 0) is 6.54 Å². The van der Waals surface area contributed by atoms with E-state index in [1.807, 2.05) is 42.3 Å². The van der Waals surface area contributed by atoms with Gasteiger partial charge in [-0.25, -0.2) is 0 Å². The molecule has 4 rings (SSSR count). The molecule has 4 heterocycles. The largest absolute Gasteiger partial charge is 0.396 e. The second kappa shape index (κ2) is 8.59. The highest BCUT2D eigenvalue weighted by Gasteiger charge is 2.45. The van der Waals surface area contributed by atoms with Crippen LogP contribution in [0, 0.1) is 18.3 Å². The molecule has 154 valence electrons. The highest BCUT2D eigenvalue weighted by Crippen LogP contribution is 2.45. The van der Waals surface area contributed by atoms with Crippen LogP contribution in [0.25, 0.3) is 0 Å². The van der Waals surface area contributed by atoms with Crippen LogP contribution in [0.15, 0.2) is 42.7 Å². The van der Waals surface area contributed by atoms with E-state index >= 15 is 0 Å². The molecule has 0 bridgehead atoms. The SMILES string of the molecule is Cc1ncccc1C(=O)N1CCC2(CCN(Cc3ccccn3)CC2)[C@H](CO)C1. The number of aliphatic hydroxyl groups excluding tert-OH is 1. The summed E-state index contributed by atoms with van der Waals surface area (Å²) in [6, 6.07) is 9.71. The first-order valence-electron chi connectivity index (χ1n) is 10.6. The van der Waals surface area contributed by atoms with E-state index in [0.29, 0.717) is 12.1 Å². The average Bonchev–Trinajstić information content (AvgIpc) is 2.76. The van der Waals surface area contributed by atoms with Gasteiger partial charge in [0.05, 0.1) is 11.3 Å². The maximum absolute atomic E-state index is 13.0. The Labute approximate surface area is 172 Å². The summed E-state index contributed by atoms with van der Waals surface area (Å²) >= 11 is 0. The molecule has 0 aliphatic carbocycles. The quantitative estimate of drug-likeness (QED) is 0.863. The molecule has 2 aliphatic heterocycles. The van der Waals surface area contributed by atoms with Crippen LogP contribution in [0.3, 0.4) is 0 Å². The maximum Gasteiger partial charge on any atom is 0.255 e. The predicted molar refractivity (Wildman–Crippen MR) is 111 cm³/mol. The van der Waals surface area contributed by atoms with Crippen molar-refractivity contribution in [1.29, 1.82) is 0 Å².